The molecule has 1 rings (SSSR count). The summed E-state index contributed by atoms with van der Waals surface area (Å²) in [6.45, 7) is 0. The van der Waals surface area contributed by atoms with Gasteiger partial charge in [0.1, 0.15) is 0 Å². The number of carbonyl (C=O) groups is 1. The minimum atomic E-state index is -4.00. The van der Waals surface area contributed by atoms with E-state index in [1.807, 2.05) is 0 Å². The first-order valence-corrected chi connectivity index (χ1v) is 7.00. The molecule has 2 N–H and O–H groups in total. The summed E-state index contributed by atoms with van der Waals surface area (Å²) < 4.78 is 40.4. The summed E-state index contributed by atoms with van der Waals surface area (Å²) in [5.74, 6) is -1.69. The first kappa shape index (κ1) is 15.9. The Morgan fingerprint density at radius 1 is 1.15 bits per heavy atom. The highest BCUT2D eigenvalue weighted by Crippen LogP contribution is 2.40. The molecule has 0 aliphatic carbocycles. The number of hydrogen-bond acceptors (Lipinski definition) is 6. The van der Waals surface area contributed by atoms with Crippen LogP contribution >= 0.6 is 0 Å². The van der Waals surface area contributed by atoms with Crippen LogP contribution in [0.3, 0.4) is 0 Å². The van der Waals surface area contributed by atoms with E-state index in [1.54, 1.807) is 0 Å². The molecule has 0 saturated heterocycles. The van der Waals surface area contributed by atoms with Gasteiger partial charge in [-0.15, -0.1) is 0 Å². The maximum absolute atomic E-state index is 11.6. The molecule has 8 nitrogen and oxygen atoms in total. The van der Waals surface area contributed by atoms with Crippen LogP contribution in [0.15, 0.2) is 12.1 Å². The van der Waals surface area contributed by atoms with E-state index in [1.165, 1.54) is 33.5 Å². The number of rotatable bonds is 7. The Hall–Kier alpha value is -2.16. The molecular formula is C11H15NO7S. The summed E-state index contributed by atoms with van der Waals surface area (Å²) in [5.41, 5.74) is 0.112. The maximum atomic E-state index is 11.6. The van der Waals surface area contributed by atoms with Gasteiger partial charge in [0, 0.05) is 12.1 Å². The van der Waals surface area contributed by atoms with Gasteiger partial charge in [0.15, 0.2) is 17.3 Å². The minimum Gasteiger partial charge on any atom is -0.493 e. The molecule has 0 spiro atoms. The molecule has 112 valence electrons. The van der Waals surface area contributed by atoms with E-state index in [-0.39, 0.29) is 17.2 Å². The number of hydrogen-bond donors (Lipinski definition) is 2. The fourth-order valence-corrected chi connectivity index (χ4v) is 2.39. The number of anilines is 1. The molecule has 0 fully saturated rings. The van der Waals surface area contributed by atoms with E-state index in [0.717, 1.165) is 0 Å². The summed E-state index contributed by atoms with van der Waals surface area (Å²) in [6, 6.07) is 2.72. The van der Waals surface area contributed by atoms with Gasteiger partial charge < -0.3 is 19.3 Å². The summed E-state index contributed by atoms with van der Waals surface area (Å²) in [7, 11) is 0.170. The Bertz CT molecular complexity index is 572. The Kier molecular flexibility index (Phi) is 5.03. The van der Waals surface area contributed by atoms with Gasteiger partial charge in [0.2, 0.25) is 15.8 Å². The topological polar surface area (TPSA) is 111 Å². The van der Waals surface area contributed by atoms with Crippen molar-refractivity contribution in [3.05, 3.63) is 12.1 Å². The van der Waals surface area contributed by atoms with Crippen molar-refractivity contribution in [3.8, 4) is 17.2 Å². The normalized spacial score (nSPS) is 10.8. The molecule has 0 radical (unpaired) electrons. The van der Waals surface area contributed by atoms with Crippen molar-refractivity contribution in [1.29, 1.82) is 0 Å². The van der Waals surface area contributed by atoms with Crippen LogP contribution in [0.4, 0.5) is 5.69 Å². The van der Waals surface area contributed by atoms with Crippen LogP contribution in [0, 0.1) is 0 Å². The van der Waals surface area contributed by atoms with Gasteiger partial charge >= 0.3 is 5.97 Å². The average Bonchev–Trinajstić information content (AvgIpc) is 2.35. The van der Waals surface area contributed by atoms with Crippen LogP contribution in [-0.4, -0.2) is 46.6 Å². The quantitative estimate of drug-likeness (QED) is 0.756. The number of sulfonamides is 1. The Morgan fingerprint density at radius 3 is 2.00 bits per heavy atom. The zero-order valence-electron chi connectivity index (χ0n) is 11.2. The molecule has 20 heavy (non-hydrogen) atoms. The predicted molar refractivity (Wildman–Crippen MR) is 71.1 cm³/mol. The van der Waals surface area contributed by atoms with Crippen molar-refractivity contribution in [3.63, 3.8) is 0 Å². The molecule has 0 bridgehead atoms. The molecule has 1 aromatic rings. The largest absolute Gasteiger partial charge is 0.493 e. The first-order valence-electron chi connectivity index (χ1n) is 5.35. The number of carboxylic acids is 1. The van der Waals surface area contributed by atoms with Gasteiger partial charge in [0.05, 0.1) is 27.0 Å². The molecule has 0 aromatic heterocycles. The van der Waals surface area contributed by atoms with E-state index in [0.29, 0.717) is 5.75 Å². The molecule has 0 unspecified atom stereocenters. The third kappa shape index (κ3) is 3.92. The Morgan fingerprint density at radius 2 is 1.65 bits per heavy atom. The van der Waals surface area contributed by atoms with Gasteiger partial charge in [-0.05, 0) is 0 Å². The molecule has 9 heteroatoms. The van der Waals surface area contributed by atoms with E-state index in [4.69, 9.17) is 19.3 Å². The van der Waals surface area contributed by atoms with Crippen LogP contribution in [0.25, 0.3) is 0 Å². The number of methoxy groups -OCH3 is 3. The van der Waals surface area contributed by atoms with E-state index in [9.17, 15) is 13.2 Å². The van der Waals surface area contributed by atoms with E-state index < -0.39 is 21.7 Å². The highest BCUT2D eigenvalue weighted by molar-refractivity contribution is 7.93. The monoisotopic (exact) mass is 305 g/mol. The lowest BCUT2D eigenvalue weighted by molar-refractivity contribution is -0.134. The van der Waals surface area contributed by atoms with Crippen molar-refractivity contribution in [2.75, 3.05) is 31.8 Å². The number of benzene rings is 1. The summed E-state index contributed by atoms with van der Waals surface area (Å²) in [5, 5.41) is 8.52. The summed E-state index contributed by atoms with van der Waals surface area (Å²) >= 11 is 0. The molecule has 1 aromatic carbocycles. The average molecular weight is 305 g/mol. The second kappa shape index (κ2) is 6.33. The van der Waals surface area contributed by atoms with Gasteiger partial charge in [-0.2, -0.15) is 0 Å². The predicted octanol–water partition coefficient (Wildman–Crippen LogP) is 0.539. The van der Waals surface area contributed by atoms with Crippen molar-refractivity contribution >= 4 is 21.7 Å². The van der Waals surface area contributed by atoms with Gasteiger partial charge in [0.25, 0.3) is 0 Å². The zero-order valence-corrected chi connectivity index (χ0v) is 12.0. The van der Waals surface area contributed by atoms with Crippen molar-refractivity contribution in [1.82, 2.24) is 0 Å². The van der Waals surface area contributed by atoms with Crippen LogP contribution in [0.1, 0.15) is 0 Å². The molecule has 0 atom stereocenters. The van der Waals surface area contributed by atoms with Crippen LogP contribution in [0.5, 0.6) is 17.2 Å². The fraction of sp³-hybridized carbons (Fsp3) is 0.364. The van der Waals surface area contributed by atoms with E-state index >= 15 is 0 Å². The van der Waals surface area contributed by atoms with Gasteiger partial charge in [-0.1, -0.05) is 0 Å². The smallest absolute Gasteiger partial charge is 0.320 e. The highest BCUT2D eigenvalue weighted by atomic mass is 32.2. The maximum Gasteiger partial charge on any atom is 0.320 e. The Balaban J connectivity index is 3.17. The molecule has 0 amide bonds. The van der Waals surface area contributed by atoms with Gasteiger partial charge in [-0.25, -0.2) is 8.42 Å². The number of aliphatic carboxylic acids is 1. The van der Waals surface area contributed by atoms with Crippen LogP contribution in [0.2, 0.25) is 0 Å². The SMILES string of the molecule is COc1cc(NS(=O)(=O)CC(=O)O)cc(OC)c1OC. The van der Waals surface area contributed by atoms with E-state index in [2.05, 4.69) is 4.72 Å². The molecule has 0 saturated carbocycles. The Labute approximate surface area is 116 Å². The van der Waals surface area contributed by atoms with Crippen LogP contribution < -0.4 is 18.9 Å². The molecule has 0 aliphatic rings. The van der Waals surface area contributed by atoms with Gasteiger partial charge in [-0.3, -0.25) is 9.52 Å². The molecular weight excluding hydrogens is 290 g/mol. The second-order valence-corrected chi connectivity index (χ2v) is 5.39. The third-order valence-electron chi connectivity index (χ3n) is 2.25. The number of nitrogens with one attached hydrogen (secondary N) is 1. The standard InChI is InChI=1S/C11H15NO7S/c1-17-8-4-7(5-9(18-2)11(8)19-3)12-20(15,16)6-10(13)14/h4-5,12H,6H2,1-3H3,(H,13,14). The lowest BCUT2D eigenvalue weighted by Crippen LogP contribution is -2.22. The third-order valence-corrected chi connectivity index (χ3v) is 3.43. The zero-order chi connectivity index (χ0) is 15.3. The number of carboxylic acid groups (broad SMARTS) is 1. The molecule has 0 heterocycles. The lowest BCUT2D eigenvalue weighted by Gasteiger charge is -2.14. The summed E-state index contributed by atoms with van der Waals surface area (Å²) in [6.07, 6.45) is 0. The molecule has 0 aliphatic heterocycles. The van der Waals surface area contributed by atoms with Crippen LogP contribution in [-0.2, 0) is 14.8 Å². The fourth-order valence-electron chi connectivity index (χ4n) is 1.52. The highest BCUT2D eigenvalue weighted by Gasteiger charge is 2.19. The van der Waals surface area contributed by atoms with Crippen molar-refractivity contribution in [2.45, 2.75) is 0 Å². The van der Waals surface area contributed by atoms with Crippen molar-refractivity contribution in [2.24, 2.45) is 0 Å². The second-order valence-electron chi connectivity index (χ2n) is 3.67. The lowest BCUT2D eigenvalue weighted by atomic mass is 10.2. The first-order chi connectivity index (χ1) is 9.32. The minimum absolute atomic E-state index is 0.112. The summed E-state index contributed by atoms with van der Waals surface area (Å²) in [4.78, 5) is 10.5. The van der Waals surface area contributed by atoms with Crippen molar-refractivity contribution < 1.29 is 32.5 Å². The number of ether oxygens (including phenoxy) is 3.